The molecule has 3 aromatic carbocycles. The van der Waals surface area contributed by atoms with Gasteiger partial charge in [0.2, 0.25) is 0 Å². The Bertz CT molecular complexity index is 870. The molecule has 1 aliphatic heterocycles. The van der Waals surface area contributed by atoms with E-state index in [1.807, 2.05) is 42.5 Å². The van der Waals surface area contributed by atoms with Crippen molar-refractivity contribution >= 4 is 10.8 Å². The summed E-state index contributed by atoms with van der Waals surface area (Å²) in [5.74, 6) is 1.08. The molecule has 0 unspecified atom stereocenters. The summed E-state index contributed by atoms with van der Waals surface area (Å²) in [5, 5.41) is 22.1. The number of hydrogen-bond donors (Lipinski definition) is 2. The second kappa shape index (κ2) is 4.84. The summed E-state index contributed by atoms with van der Waals surface area (Å²) < 4.78 is 11.1. The predicted molar refractivity (Wildman–Crippen MR) is 83.7 cm³/mol. The predicted octanol–water partition coefficient (Wildman–Crippen LogP) is 3.69. The van der Waals surface area contributed by atoms with Crippen molar-refractivity contribution in [1.29, 1.82) is 0 Å². The largest absolute Gasteiger partial charge is 0.504 e. The first-order valence-corrected chi connectivity index (χ1v) is 7.08. The van der Waals surface area contributed by atoms with E-state index in [2.05, 4.69) is 0 Å². The van der Waals surface area contributed by atoms with Gasteiger partial charge in [0, 0.05) is 5.56 Å². The Morgan fingerprint density at radius 2 is 1.59 bits per heavy atom. The monoisotopic (exact) mass is 294 g/mol. The lowest BCUT2D eigenvalue weighted by atomic mass is 9.96. The van der Waals surface area contributed by atoms with Gasteiger partial charge in [-0.1, -0.05) is 30.3 Å². The van der Waals surface area contributed by atoms with E-state index in [0.717, 1.165) is 16.3 Å². The van der Waals surface area contributed by atoms with Crippen LogP contribution in [0.3, 0.4) is 0 Å². The van der Waals surface area contributed by atoms with E-state index in [1.165, 1.54) is 0 Å². The maximum absolute atomic E-state index is 10.3. The molecule has 0 saturated heterocycles. The summed E-state index contributed by atoms with van der Waals surface area (Å²) in [7, 11) is 0. The average molecular weight is 294 g/mol. The van der Waals surface area contributed by atoms with Crippen LogP contribution in [0, 0.1) is 0 Å². The van der Waals surface area contributed by atoms with Gasteiger partial charge in [-0.25, -0.2) is 0 Å². The third-order valence-electron chi connectivity index (χ3n) is 3.83. The maximum atomic E-state index is 10.3. The Morgan fingerprint density at radius 3 is 2.45 bits per heavy atom. The van der Waals surface area contributed by atoms with Gasteiger partial charge in [0.15, 0.2) is 23.0 Å². The second-order valence-electron chi connectivity index (χ2n) is 5.20. The average Bonchev–Trinajstić information content (AvgIpc) is 2.56. The standard InChI is InChI=1S/C18H14O4/c19-14-9-11-3-1-2-4-13(11)17(18(14)20)12-5-6-15-16(10-12)22-8-7-21-15/h1-6,9-10,19-20H,7-8H2. The molecule has 0 aromatic heterocycles. The molecule has 4 nitrogen and oxygen atoms in total. The minimum Gasteiger partial charge on any atom is -0.504 e. The second-order valence-corrected chi connectivity index (χ2v) is 5.20. The molecule has 22 heavy (non-hydrogen) atoms. The number of phenolic OH excluding ortho intramolecular Hbond substituents is 2. The van der Waals surface area contributed by atoms with Crippen LogP contribution >= 0.6 is 0 Å². The lowest BCUT2D eigenvalue weighted by molar-refractivity contribution is 0.171. The lowest BCUT2D eigenvalue weighted by Gasteiger charge is -2.19. The van der Waals surface area contributed by atoms with Crippen LogP contribution in [-0.2, 0) is 0 Å². The van der Waals surface area contributed by atoms with Crippen LogP contribution in [0.15, 0.2) is 48.5 Å². The molecular formula is C18H14O4. The molecule has 1 aliphatic rings. The normalized spacial score (nSPS) is 13.3. The van der Waals surface area contributed by atoms with Gasteiger partial charge in [0.1, 0.15) is 13.2 Å². The van der Waals surface area contributed by atoms with Crippen LogP contribution in [0.25, 0.3) is 21.9 Å². The number of benzene rings is 3. The van der Waals surface area contributed by atoms with E-state index >= 15 is 0 Å². The van der Waals surface area contributed by atoms with Gasteiger partial charge in [-0.3, -0.25) is 0 Å². The minimum atomic E-state index is -0.136. The van der Waals surface area contributed by atoms with Crippen LogP contribution in [0.4, 0.5) is 0 Å². The minimum absolute atomic E-state index is 0.129. The molecule has 4 rings (SSSR count). The van der Waals surface area contributed by atoms with Crippen LogP contribution in [-0.4, -0.2) is 23.4 Å². The van der Waals surface area contributed by atoms with Crippen molar-refractivity contribution in [3.63, 3.8) is 0 Å². The molecule has 1 heterocycles. The topological polar surface area (TPSA) is 58.9 Å². The molecule has 0 aliphatic carbocycles. The number of ether oxygens (including phenoxy) is 2. The van der Waals surface area contributed by atoms with Gasteiger partial charge < -0.3 is 19.7 Å². The molecule has 0 atom stereocenters. The van der Waals surface area contributed by atoms with E-state index in [4.69, 9.17) is 9.47 Å². The fourth-order valence-corrected chi connectivity index (χ4v) is 2.81. The fraction of sp³-hybridized carbons (Fsp3) is 0.111. The van der Waals surface area contributed by atoms with Gasteiger partial charge in [-0.15, -0.1) is 0 Å². The van der Waals surface area contributed by atoms with Crippen molar-refractivity contribution in [1.82, 2.24) is 0 Å². The van der Waals surface area contributed by atoms with Gasteiger partial charge in [-0.2, -0.15) is 0 Å². The van der Waals surface area contributed by atoms with Crippen molar-refractivity contribution in [2.24, 2.45) is 0 Å². The summed E-state index contributed by atoms with van der Waals surface area (Å²) in [6.45, 7) is 1.04. The fourth-order valence-electron chi connectivity index (χ4n) is 2.81. The third-order valence-corrected chi connectivity index (χ3v) is 3.83. The number of phenols is 2. The highest BCUT2D eigenvalue weighted by Gasteiger charge is 2.17. The Hall–Kier alpha value is -2.88. The zero-order valence-corrected chi connectivity index (χ0v) is 11.7. The van der Waals surface area contributed by atoms with E-state index in [0.29, 0.717) is 30.3 Å². The highest BCUT2D eigenvalue weighted by atomic mass is 16.6. The Balaban J connectivity index is 1.99. The molecule has 0 amide bonds. The molecule has 0 bridgehead atoms. The van der Waals surface area contributed by atoms with E-state index < -0.39 is 0 Å². The first-order chi connectivity index (χ1) is 10.7. The summed E-state index contributed by atoms with van der Waals surface area (Å²) in [5.41, 5.74) is 1.36. The van der Waals surface area contributed by atoms with Crippen LogP contribution in [0.2, 0.25) is 0 Å². The first-order valence-electron chi connectivity index (χ1n) is 7.08. The van der Waals surface area contributed by atoms with E-state index in [9.17, 15) is 10.2 Å². The van der Waals surface area contributed by atoms with E-state index in [1.54, 1.807) is 6.07 Å². The van der Waals surface area contributed by atoms with Crippen molar-refractivity contribution < 1.29 is 19.7 Å². The smallest absolute Gasteiger partial charge is 0.166 e. The number of aromatic hydroxyl groups is 2. The highest BCUT2D eigenvalue weighted by Crippen LogP contribution is 2.44. The first kappa shape index (κ1) is 12.8. The third kappa shape index (κ3) is 1.92. The summed E-state index contributed by atoms with van der Waals surface area (Å²) in [6.07, 6.45) is 0. The highest BCUT2D eigenvalue weighted by molar-refractivity contribution is 6.01. The molecule has 110 valence electrons. The van der Waals surface area contributed by atoms with Gasteiger partial charge in [0.05, 0.1) is 0 Å². The zero-order chi connectivity index (χ0) is 15.1. The Morgan fingerprint density at radius 1 is 0.818 bits per heavy atom. The molecule has 4 heteroatoms. The zero-order valence-electron chi connectivity index (χ0n) is 11.7. The molecule has 0 fully saturated rings. The van der Waals surface area contributed by atoms with Crippen molar-refractivity contribution in [3.8, 4) is 34.1 Å². The molecule has 0 radical (unpaired) electrons. The molecule has 2 N–H and O–H groups in total. The molecule has 0 saturated carbocycles. The van der Waals surface area contributed by atoms with Gasteiger partial charge in [0.25, 0.3) is 0 Å². The maximum Gasteiger partial charge on any atom is 0.166 e. The Kier molecular flexibility index (Phi) is 2.82. The lowest BCUT2D eigenvalue weighted by Crippen LogP contribution is -2.15. The van der Waals surface area contributed by atoms with Crippen molar-refractivity contribution in [3.05, 3.63) is 48.5 Å². The van der Waals surface area contributed by atoms with Crippen LogP contribution in [0.1, 0.15) is 0 Å². The quantitative estimate of drug-likeness (QED) is 0.672. The molecule has 3 aromatic rings. The summed E-state index contributed by atoms with van der Waals surface area (Å²) in [4.78, 5) is 0. The molecule has 0 spiro atoms. The number of rotatable bonds is 1. The van der Waals surface area contributed by atoms with Crippen LogP contribution in [0.5, 0.6) is 23.0 Å². The van der Waals surface area contributed by atoms with Crippen LogP contribution < -0.4 is 9.47 Å². The van der Waals surface area contributed by atoms with Gasteiger partial charge in [-0.05, 0) is 34.5 Å². The number of fused-ring (bicyclic) bond motifs is 2. The summed E-state index contributed by atoms with van der Waals surface area (Å²) >= 11 is 0. The summed E-state index contributed by atoms with van der Waals surface area (Å²) in [6, 6.07) is 14.7. The SMILES string of the molecule is Oc1cc2ccccc2c(-c2ccc3c(c2)OCCO3)c1O. The molecular weight excluding hydrogens is 280 g/mol. The number of hydrogen-bond acceptors (Lipinski definition) is 4. The Labute approximate surface area is 127 Å². The van der Waals surface area contributed by atoms with Crippen molar-refractivity contribution in [2.75, 3.05) is 13.2 Å². The van der Waals surface area contributed by atoms with E-state index in [-0.39, 0.29) is 11.5 Å². The van der Waals surface area contributed by atoms with Gasteiger partial charge >= 0.3 is 0 Å². The van der Waals surface area contributed by atoms with Crippen molar-refractivity contribution in [2.45, 2.75) is 0 Å².